The second kappa shape index (κ2) is 8.75. The van der Waals surface area contributed by atoms with E-state index in [-0.39, 0.29) is 17.2 Å². The second-order valence-electron chi connectivity index (χ2n) is 9.57. The lowest BCUT2D eigenvalue weighted by Crippen LogP contribution is -2.43. The van der Waals surface area contributed by atoms with Crippen molar-refractivity contribution in [1.82, 2.24) is 4.31 Å². The van der Waals surface area contributed by atoms with Crippen LogP contribution in [0, 0.1) is 19.8 Å². The molecule has 5 nitrogen and oxygen atoms in total. The van der Waals surface area contributed by atoms with E-state index in [9.17, 15) is 13.2 Å². The maximum absolute atomic E-state index is 13.1. The summed E-state index contributed by atoms with van der Waals surface area (Å²) in [6.45, 7) is 11.1. The van der Waals surface area contributed by atoms with Gasteiger partial charge in [-0.1, -0.05) is 45.0 Å². The summed E-state index contributed by atoms with van der Waals surface area (Å²) in [5.74, 6) is -0.111. The van der Waals surface area contributed by atoms with Crippen molar-refractivity contribution >= 4 is 21.6 Å². The number of benzene rings is 2. The van der Waals surface area contributed by atoms with E-state index in [1.807, 2.05) is 51.2 Å². The van der Waals surface area contributed by atoms with Gasteiger partial charge in [0.15, 0.2) is 0 Å². The van der Waals surface area contributed by atoms with Crippen LogP contribution in [0.5, 0.6) is 0 Å². The Balaban J connectivity index is 1.68. The number of amides is 1. The largest absolute Gasteiger partial charge is 0.315 e. The summed E-state index contributed by atoms with van der Waals surface area (Å²) in [7, 11) is -1.74. The number of sulfonamides is 1. The summed E-state index contributed by atoms with van der Waals surface area (Å²) < 4.78 is 27.7. The van der Waals surface area contributed by atoms with E-state index in [4.69, 9.17) is 0 Å². The summed E-state index contributed by atoms with van der Waals surface area (Å²) in [6, 6.07) is 13.1. The molecule has 2 aromatic rings. The van der Waals surface area contributed by atoms with Gasteiger partial charge in [-0.15, -0.1) is 0 Å². The molecule has 0 atom stereocenters. The van der Waals surface area contributed by atoms with Crippen molar-refractivity contribution in [2.45, 2.75) is 57.8 Å². The Morgan fingerprint density at radius 3 is 2.13 bits per heavy atom. The van der Waals surface area contributed by atoms with Crippen molar-refractivity contribution in [3.63, 3.8) is 0 Å². The topological polar surface area (TPSA) is 57.7 Å². The van der Waals surface area contributed by atoms with Crippen LogP contribution in [-0.2, 0) is 20.2 Å². The predicted octanol–water partition coefficient (Wildman–Crippen LogP) is 4.66. The summed E-state index contributed by atoms with van der Waals surface area (Å²) >= 11 is 0. The third-order valence-electron chi connectivity index (χ3n) is 6.43. The molecule has 0 radical (unpaired) electrons. The Kier molecular flexibility index (Phi) is 6.63. The Bertz CT molecular complexity index is 1050. The Morgan fingerprint density at radius 2 is 1.58 bits per heavy atom. The van der Waals surface area contributed by atoms with Crippen LogP contribution >= 0.6 is 0 Å². The van der Waals surface area contributed by atoms with Gasteiger partial charge in [0.2, 0.25) is 15.9 Å². The highest BCUT2D eigenvalue weighted by atomic mass is 32.2. The highest BCUT2D eigenvalue weighted by molar-refractivity contribution is 7.89. The van der Waals surface area contributed by atoms with Gasteiger partial charge >= 0.3 is 0 Å². The van der Waals surface area contributed by atoms with Gasteiger partial charge in [-0.2, -0.15) is 4.31 Å². The highest BCUT2D eigenvalue weighted by Gasteiger charge is 2.33. The normalized spacial score (nSPS) is 16.3. The highest BCUT2D eigenvalue weighted by Crippen LogP contribution is 2.29. The lowest BCUT2D eigenvalue weighted by molar-refractivity contribution is -0.123. The summed E-state index contributed by atoms with van der Waals surface area (Å²) in [5, 5.41) is 0. The van der Waals surface area contributed by atoms with Crippen molar-refractivity contribution in [1.29, 1.82) is 0 Å². The van der Waals surface area contributed by atoms with E-state index in [0.29, 0.717) is 30.8 Å². The zero-order chi connectivity index (χ0) is 23.0. The molecule has 0 aromatic heterocycles. The maximum Gasteiger partial charge on any atom is 0.243 e. The number of carbonyl (C=O) groups excluding carboxylic acids is 1. The third-order valence-corrected chi connectivity index (χ3v) is 8.34. The molecule has 0 bridgehead atoms. The van der Waals surface area contributed by atoms with Crippen LogP contribution in [0.1, 0.15) is 50.3 Å². The van der Waals surface area contributed by atoms with E-state index in [0.717, 1.165) is 22.4 Å². The maximum atomic E-state index is 13.1. The SMILES string of the molecule is Cc1cccc(N(C)C(=O)C2CCN(S(=O)(=O)c3ccc(C(C)(C)C)cc3)CC2)c1C. The van der Waals surface area contributed by atoms with Crippen LogP contribution in [0.4, 0.5) is 5.69 Å². The van der Waals surface area contributed by atoms with E-state index in [1.54, 1.807) is 17.0 Å². The number of anilines is 1. The van der Waals surface area contributed by atoms with Gasteiger partial charge in [0.25, 0.3) is 0 Å². The van der Waals surface area contributed by atoms with Gasteiger partial charge in [0, 0.05) is 31.7 Å². The number of piperidine rings is 1. The van der Waals surface area contributed by atoms with Gasteiger partial charge in [0.05, 0.1) is 4.90 Å². The fourth-order valence-corrected chi connectivity index (χ4v) is 5.58. The number of carbonyl (C=O) groups is 1. The summed E-state index contributed by atoms with van der Waals surface area (Å²) in [6.07, 6.45) is 1.07. The molecule has 3 rings (SSSR count). The van der Waals surface area contributed by atoms with Crippen molar-refractivity contribution < 1.29 is 13.2 Å². The van der Waals surface area contributed by atoms with Crippen molar-refractivity contribution in [3.8, 4) is 0 Å². The van der Waals surface area contributed by atoms with Crippen LogP contribution in [0.3, 0.4) is 0 Å². The molecular formula is C25H34N2O3S. The molecule has 168 valence electrons. The molecule has 2 aromatic carbocycles. The molecule has 1 aliphatic heterocycles. The molecule has 0 unspecified atom stereocenters. The lowest BCUT2D eigenvalue weighted by atomic mass is 9.87. The van der Waals surface area contributed by atoms with Crippen LogP contribution in [0.25, 0.3) is 0 Å². The van der Waals surface area contributed by atoms with Gasteiger partial charge in [0.1, 0.15) is 0 Å². The molecule has 6 heteroatoms. The molecular weight excluding hydrogens is 408 g/mol. The van der Waals surface area contributed by atoms with Crippen molar-refractivity contribution in [2.24, 2.45) is 5.92 Å². The fourth-order valence-electron chi connectivity index (χ4n) is 4.11. The second-order valence-corrected chi connectivity index (χ2v) is 11.5. The third kappa shape index (κ3) is 4.85. The minimum absolute atomic E-state index is 0.0251. The first-order chi connectivity index (χ1) is 14.4. The number of nitrogens with zero attached hydrogens (tertiary/aromatic N) is 2. The number of rotatable bonds is 4. The van der Waals surface area contributed by atoms with E-state index >= 15 is 0 Å². The van der Waals surface area contributed by atoms with Gasteiger partial charge in [-0.3, -0.25) is 4.79 Å². The lowest BCUT2D eigenvalue weighted by Gasteiger charge is -2.33. The first kappa shape index (κ1) is 23.5. The number of hydrogen-bond donors (Lipinski definition) is 0. The van der Waals surface area contributed by atoms with Crippen LogP contribution in [0.15, 0.2) is 47.4 Å². The standard InChI is InChI=1S/C25H34N2O3S/c1-18-8-7-9-23(19(18)2)26(6)24(28)20-14-16-27(17-15-20)31(29,30)22-12-10-21(11-13-22)25(3,4)5/h7-13,20H,14-17H2,1-6H3. The molecule has 31 heavy (non-hydrogen) atoms. The molecule has 0 spiro atoms. The molecule has 0 aliphatic carbocycles. The first-order valence-corrected chi connectivity index (χ1v) is 12.3. The predicted molar refractivity (Wildman–Crippen MR) is 126 cm³/mol. The molecule has 1 aliphatic rings. The molecule has 1 amide bonds. The molecule has 1 fully saturated rings. The Morgan fingerprint density at radius 1 is 1.00 bits per heavy atom. The number of hydrogen-bond acceptors (Lipinski definition) is 3. The summed E-state index contributed by atoms with van der Waals surface area (Å²) in [4.78, 5) is 15.1. The van der Waals surface area contributed by atoms with E-state index in [1.165, 1.54) is 4.31 Å². The van der Waals surface area contributed by atoms with Crippen molar-refractivity contribution in [3.05, 3.63) is 59.2 Å². The molecule has 1 saturated heterocycles. The van der Waals surface area contributed by atoms with Crippen LogP contribution in [-0.4, -0.2) is 38.8 Å². The van der Waals surface area contributed by atoms with E-state index in [2.05, 4.69) is 20.8 Å². The molecule has 0 N–H and O–H groups in total. The first-order valence-electron chi connectivity index (χ1n) is 10.9. The minimum Gasteiger partial charge on any atom is -0.315 e. The van der Waals surface area contributed by atoms with Gasteiger partial charge in [-0.05, 0) is 67.0 Å². The Hall–Kier alpha value is -2.18. The quantitative estimate of drug-likeness (QED) is 0.692. The molecule has 0 saturated carbocycles. The fraction of sp³-hybridized carbons (Fsp3) is 0.480. The van der Waals surface area contributed by atoms with Crippen molar-refractivity contribution in [2.75, 3.05) is 25.0 Å². The average Bonchev–Trinajstić information content (AvgIpc) is 2.74. The minimum atomic E-state index is -3.55. The average molecular weight is 443 g/mol. The van der Waals surface area contributed by atoms with Gasteiger partial charge < -0.3 is 4.90 Å². The Labute approximate surface area is 187 Å². The smallest absolute Gasteiger partial charge is 0.243 e. The molecule has 1 heterocycles. The van der Waals surface area contributed by atoms with E-state index < -0.39 is 10.0 Å². The number of aryl methyl sites for hydroxylation is 1. The monoisotopic (exact) mass is 442 g/mol. The van der Waals surface area contributed by atoms with Crippen LogP contribution < -0.4 is 4.90 Å². The van der Waals surface area contributed by atoms with Gasteiger partial charge in [-0.25, -0.2) is 8.42 Å². The van der Waals surface area contributed by atoms with Crippen LogP contribution in [0.2, 0.25) is 0 Å². The zero-order valence-electron chi connectivity index (χ0n) is 19.5. The summed E-state index contributed by atoms with van der Waals surface area (Å²) in [5.41, 5.74) is 4.24. The zero-order valence-corrected chi connectivity index (χ0v) is 20.3.